The van der Waals surface area contributed by atoms with Crippen molar-refractivity contribution in [2.24, 2.45) is 0 Å². The summed E-state index contributed by atoms with van der Waals surface area (Å²) in [6, 6.07) is 0. The Labute approximate surface area is 93.4 Å². The average molecular weight is 225 g/mol. The summed E-state index contributed by atoms with van der Waals surface area (Å²) in [5.74, 6) is -0.740. The van der Waals surface area contributed by atoms with Crippen molar-refractivity contribution in [3.05, 3.63) is 17.5 Å². The van der Waals surface area contributed by atoms with E-state index in [-0.39, 0.29) is 5.56 Å². The van der Waals surface area contributed by atoms with E-state index in [4.69, 9.17) is 5.11 Å². The number of aliphatic hydroxyl groups is 1. The second-order valence-corrected chi connectivity index (χ2v) is 4.16. The third kappa shape index (κ3) is 3.47. The van der Waals surface area contributed by atoms with Gasteiger partial charge in [0, 0.05) is 12.7 Å². The zero-order valence-electron chi connectivity index (χ0n) is 9.48. The van der Waals surface area contributed by atoms with Gasteiger partial charge in [0.05, 0.1) is 16.9 Å². The maximum Gasteiger partial charge on any atom is 0.339 e. The number of hydrogen-bond donors (Lipinski definition) is 3. The van der Waals surface area contributed by atoms with Gasteiger partial charge in [-0.1, -0.05) is 0 Å². The van der Waals surface area contributed by atoms with Crippen LogP contribution in [-0.4, -0.2) is 38.3 Å². The Morgan fingerprint density at radius 2 is 2.19 bits per heavy atom. The van der Waals surface area contributed by atoms with Crippen LogP contribution in [0.15, 0.2) is 6.20 Å². The molecule has 0 bridgehead atoms. The first-order valence-corrected chi connectivity index (χ1v) is 4.83. The molecule has 0 unspecified atom stereocenters. The van der Waals surface area contributed by atoms with E-state index in [0.717, 1.165) is 0 Å². The van der Waals surface area contributed by atoms with Crippen molar-refractivity contribution >= 4 is 11.9 Å². The Hall–Kier alpha value is -1.69. The quantitative estimate of drug-likeness (QED) is 0.697. The molecule has 0 atom stereocenters. The second-order valence-electron chi connectivity index (χ2n) is 4.16. The Bertz CT molecular complexity index is 399. The van der Waals surface area contributed by atoms with E-state index in [1.165, 1.54) is 6.20 Å². The topological polar surface area (TPSA) is 95.3 Å². The summed E-state index contributed by atoms with van der Waals surface area (Å²) in [5.41, 5.74) is -0.405. The van der Waals surface area contributed by atoms with Crippen LogP contribution in [0.4, 0.5) is 5.95 Å². The summed E-state index contributed by atoms with van der Waals surface area (Å²) >= 11 is 0. The van der Waals surface area contributed by atoms with Gasteiger partial charge >= 0.3 is 5.97 Å². The number of aryl methyl sites for hydroxylation is 1. The highest BCUT2D eigenvalue weighted by molar-refractivity contribution is 5.88. The van der Waals surface area contributed by atoms with Crippen LogP contribution in [-0.2, 0) is 0 Å². The van der Waals surface area contributed by atoms with Crippen molar-refractivity contribution in [3.63, 3.8) is 0 Å². The first-order chi connectivity index (χ1) is 7.29. The SMILES string of the molecule is Cc1nc(NCC(C)(C)O)ncc1C(=O)O. The molecule has 0 aliphatic carbocycles. The molecule has 1 aromatic rings. The molecule has 6 heteroatoms. The van der Waals surface area contributed by atoms with E-state index >= 15 is 0 Å². The molecule has 0 aromatic carbocycles. The lowest BCUT2D eigenvalue weighted by molar-refractivity contribution is 0.0694. The molecule has 0 radical (unpaired) electrons. The Morgan fingerprint density at radius 1 is 1.56 bits per heavy atom. The van der Waals surface area contributed by atoms with Crippen molar-refractivity contribution in [2.45, 2.75) is 26.4 Å². The van der Waals surface area contributed by atoms with Crippen molar-refractivity contribution in [1.29, 1.82) is 0 Å². The van der Waals surface area contributed by atoms with Gasteiger partial charge in [-0.2, -0.15) is 0 Å². The number of nitrogens with one attached hydrogen (secondary N) is 1. The number of carboxylic acid groups (broad SMARTS) is 1. The molecule has 0 fully saturated rings. The fourth-order valence-corrected chi connectivity index (χ4v) is 1.06. The minimum absolute atomic E-state index is 0.0776. The van der Waals surface area contributed by atoms with Gasteiger partial charge in [-0.15, -0.1) is 0 Å². The lowest BCUT2D eigenvalue weighted by Gasteiger charge is -2.17. The zero-order valence-corrected chi connectivity index (χ0v) is 9.48. The molecule has 0 aliphatic heterocycles. The lowest BCUT2D eigenvalue weighted by atomic mass is 10.1. The number of carbonyl (C=O) groups is 1. The number of aromatic nitrogens is 2. The van der Waals surface area contributed by atoms with Crippen molar-refractivity contribution in [2.75, 3.05) is 11.9 Å². The van der Waals surface area contributed by atoms with E-state index in [2.05, 4.69) is 15.3 Å². The normalized spacial score (nSPS) is 11.2. The molecule has 0 spiro atoms. The average Bonchev–Trinajstić information content (AvgIpc) is 2.13. The van der Waals surface area contributed by atoms with Crippen molar-refractivity contribution in [1.82, 2.24) is 9.97 Å². The zero-order chi connectivity index (χ0) is 12.3. The van der Waals surface area contributed by atoms with E-state index in [0.29, 0.717) is 18.2 Å². The van der Waals surface area contributed by atoms with Gasteiger partial charge in [-0.25, -0.2) is 14.8 Å². The molecule has 3 N–H and O–H groups in total. The fraction of sp³-hybridized carbons (Fsp3) is 0.500. The van der Waals surface area contributed by atoms with Crippen LogP contribution in [0.1, 0.15) is 29.9 Å². The third-order valence-corrected chi connectivity index (χ3v) is 1.89. The second kappa shape index (κ2) is 4.44. The monoisotopic (exact) mass is 225 g/mol. The maximum atomic E-state index is 10.7. The summed E-state index contributed by atoms with van der Waals surface area (Å²) in [7, 11) is 0. The van der Waals surface area contributed by atoms with Gasteiger partial charge in [-0.3, -0.25) is 0 Å². The number of hydrogen-bond acceptors (Lipinski definition) is 5. The van der Waals surface area contributed by atoms with Crippen LogP contribution in [0, 0.1) is 6.92 Å². The summed E-state index contributed by atoms with van der Waals surface area (Å²) < 4.78 is 0. The molecular weight excluding hydrogens is 210 g/mol. The summed E-state index contributed by atoms with van der Waals surface area (Å²) in [5, 5.41) is 21.1. The van der Waals surface area contributed by atoms with Crippen molar-refractivity contribution in [3.8, 4) is 0 Å². The molecule has 16 heavy (non-hydrogen) atoms. The van der Waals surface area contributed by atoms with Crippen LogP contribution in [0.3, 0.4) is 0 Å². The molecule has 1 aromatic heterocycles. The minimum Gasteiger partial charge on any atom is -0.478 e. The molecule has 0 saturated carbocycles. The highest BCUT2D eigenvalue weighted by Gasteiger charge is 2.14. The van der Waals surface area contributed by atoms with Crippen LogP contribution in [0.2, 0.25) is 0 Å². The fourth-order valence-electron chi connectivity index (χ4n) is 1.06. The van der Waals surface area contributed by atoms with Gasteiger partial charge < -0.3 is 15.5 Å². The highest BCUT2D eigenvalue weighted by Crippen LogP contribution is 2.08. The molecule has 0 amide bonds. The molecule has 6 nitrogen and oxygen atoms in total. The van der Waals surface area contributed by atoms with Crippen molar-refractivity contribution < 1.29 is 15.0 Å². The van der Waals surface area contributed by atoms with E-state index in [1.807, 2.05) is 0 Å². The van der Waals surface area contributed by atoms with Gasteiger partial charge in [0.1, 0.15) is 0 Å². The van der Waals surface area contributed by atoms with Crippen LogP contribution >= 0.6 is 0 Å². The number of rotatable bonds is 4. The van der Waals surface area contributed by atoms with E-state index in [9.17, 15) is 9.90 Å². The van der Waals surface area contributed by atoms with Gasteiger partial charge in [0.2, 0.25) is 5.95 Å². The Morgan fingerprint density at radius 3 is 2.62 bits per heavy atom. The van der Waals surface area contributed by atoms with Crippen LogP contribution in [0.25, 0.3) is 0 Å². The lowest BCUT2D eigenvalue weighted by Crippen LogP contribution is -2.30. The molecule has 88 valence electrons. The number of carboxylic acids is 1. The third-order valence-electron chi connectivity index (χ3n) is 1.89. The first kappa shape index (κ1) is 12.4. The van der Waals surface area contributed by atoms with Gasteiger partial charge in [0.15, 0.2) is 0 Å². The van der Waals surface area contributed by atoms with E-state index in [1.54, 1.807) is 20.8 Å². The highest BCUT2D eigenvalue weighted by atomic mass is 16.4. The summed E-state index contributed by atoms with van der Waals surface area (Å²) in [6.07, 6.45) is 1.25. The summed E-state index contributed by atoms with van der Waals surface area (Å²) in [4.78, 5) is 18.5. The first-order valence-electron chi connectivity index (χ1n) is 4.83. The number of aromatic carboxylic acids is 1. The van der Waals surface area contributed by atoms with Gasteiger partial charge in [0.25, 0.3) is 0 Å². The predicted molar refractivity (Wildman–Crippen MR) is 58.5 cm³/mol. The summed E-state index contributed by atoms with van der Waals surface area (Å²) in [6.45, 7) is 5.19. The molecule has 0 saturated heterocycles. The number of anilines is 1. The van der Waals surface area contributed by atoms with Crippen LogP contribution < -0.4 is 5.32 Å². The van der Waals surface area contributed by atoms with Gasteiger partial charge in [-0.05, 0) is 20.8 Å². The molecule has 1 heterocycles. The minimum atomic E-state index is -1.05. The van der Waals surface area contributed by atoms with Crippen LogP contribution in [0.5, 0.6) is 0 Å². The molecule has 0 aliphatic rings. The largest absolute Gasteiger partial charge is 0.478 e. The number of nitrogens with zero attached hydrogens (tertiary/aromatic N) is 2. The Balaban J connectivity index is 2.78. The molecular formula is C10H15N3O3. The maximum absolute atomic E-state index is 10.7. The smallest absolute Gasteiger partial charge is 0.339 e. The van der Waals surface area contributed by atoms with E-state index < -0.39 is 11.6 Å². The standard InChI is InChI=1S/C10H15N3O3/c1-6-7(8(14)15)4-11-9(13-6)12-5-10(2,3)16/h4,16H,5H2,1-3H3,(H,14,15)(H,11,12,13). The Kier molecular flexibility index (Phi) is 3.44. The molecule has 1 rings (SSSR count). The predicted octanol–water partition coefficient (Wildman–Crippen LogP) is 0.666.